The zero-order valence-electron chi connectivity index (χ0n) is 19.8. The highest BCUT2D eigenvalue weighted by atomic mass is 16.6. The molecule has 2 atom stereocenters. The topological polar surface area (TPSA) is 122 Å². The number of rotatable bonds is 11. The maximum atomic E-state index is 13.0. The Morgan fingerprint density at radius 3 is 2.43 bits per heavy atom. The van der Waals surface area contributed by atoms with E-state index >= 15 is 0 Å². The van der Waals surface area contributed by atoms with Gasteiger partial charge >= 0.3 is 0 Å². The van der Waals surface area contributed by atoms with Gasteiger partial charge < -0.3 is 16.0 Å². The number of benzene rings is 2. The van der Waals surface area contributed by atoms with Gasteiger partial charge in [0.05, 0.1) is 4.92 Å². The quantitative estimate of drug-likeness (QED) is 0.376. The fourth-order valence-electron chi connectivity index (χ4n) is 4.71. The molecular weight excluding hydrogens is 446 g/mol. The van der Waals surface area contributed by atoms with Gasteiger partial charge in [0.1, 0.15) is 6.04 Å². The van der Waals surface area contributed by atoms with E-state index in [2.05, 4.69) is 22.3 Å². The van der Waals surface area contributed by atoms with Crippen LogP contribution in [-0.4, -0.2) is 64.8 Å². The number of likely N-dealkylation sites (tertiary alicyclic amines) is 1. The van der Waals surface area contributed by atoms with Crippen LogP contribution < -0.4 is 11.1 Å². The molecule has 2 unspecified atom stereocenters. The fourth-order valence-corrected chi connectivity index (χ4v) is 4.71. The van der Waals surface area contributed by atoms with Crippen molar-refractivity contribution < 1.29 is 14.5 Å². The number of nitro groups is 1. The van der Waals surface area contributed by atoms with Crippen LogP contribution in [0.25, 0.3) is 0 Å². The van der Waals surface area contributed by atoms with Crippen molar-refractivity contribution in [3.05, 3.63) is 75.8 Å². The molecule has 2 fully saturated rings. The smallest absolute Gasteiger partial charge is 0.269 e. The summed E-state index contributed by atoms with van der Waals surface area (Å²) < 4.78 is 0. The second-order valence-electron chi connectivity index (χ2n) is 9.38. The first-order valence-corrected chi connectivity index (χ1v) is 12.3. The van der Waals surface area contributed by atoms with Gasteiger partial charge in [0.2, 0.25) is 11.8 Å². The third kappa shape index (κ3) is 6.43. The number of nitrogens with two attached hydrogens (primary N) is 1. The molecule has 1 aliphatic heterocycles. The molecule has 0 aromatic heterocycles. The van der Waals surface area contributed by atoms with Crippen LogP contribution in [0.5, 0.6) is 0 Å². The number of carbonyl (C=O) groups excluding carboxylic acids is 2. The van der Waals surface area contributed by atoms with Crippen LogP contribution in [0.15, 0.2) is 54.6 Å². The van der Waals surface area contributed by atoms with Gasteiger partial charge in [0, 0.05) is 56.8 Å². The van der Waals surface area contributed by atoms with E-state index in [0.29, 0.717) is 32.6 Å². The normalized spacial score (nSPS) is 19.7. The predicted molar refractivity (Wildman–Crippen MR) is 132 cm³/mol. The van der Waals surface area contributed by atoms with Gasteiger partial charge in [-0.25, -0.2) is 0 Å². The van der Waals surface area contributed by atoms with Crippen LogP contribution in [0, 0.1) is 16.0 Å². The first-order chi connectivity index (χ1) is 17.0. The van der Waals surface area contributed by atoms with Gasteiger partial charge in [-0.1, -0.05) is 42.5 Å². The Morgan fingerprint density at radius 1 is 1.09 bits per heavy atom. The highest BCUT2D eigenvalue weighted by molar-refractivity contribution is 5.90. The van der Waals surface area contributed by atoms with Crippen molar-refractivity contribution in [1.82, 2.24) is 15.1 Å². The lowest BCUT2D eigenvalue weighted by Crippen LogP contribution is -2.47. The molecule has 9 nitrogen and oxygen atoms in total. The Kier molecular flexibility index (Phi) is 8.09. The monoisotopic (exact) mass is 479 g/mol. The second-order valence-corrected chi connectivity index (χ2v) is 9.38. The number of hydrogen-bond acceptors (Lipinski definition) is 6. The van der Waals surface area contributed by atoms with E-state index < -0.39 is 11.0 Å². The van der Waals surface area contributed by atoms with Crippen molar-refractivity contribution in [2.75, 3.05) is 26.2 Å². The van der Waals surface area contributed by atoms with Crippen molar-refractivity contribution in [2.45, 2.75) is 44.3 Å². The summed E-state index contributed by atoms with van der Waals surface area (Å²) in [6.07, 6.45) is 3.15. The van der Waals surface area contributed by atoms with Gasteiger partial charge in [-0.05, 0) is 36.8 Å². The number of nitrogens with one attached hydrogen (secondary N) is 1. The minimum atomic E-state index is -0.504. The highest BCUT2D eigenvalue weighted by Gasteiger charge is 2.45. The summed E-state index contributed by atoms with van der Waals surface area (Å²) in [5.41, 5.74) is 7.80. The minimum absolute atomic E-state index is 0.00484. The summed E-state index contributed by atoms with van der Waals surface area (Å²) in [6, 6.07) is 16.3. The first kappa shape index (κ1) is 24.8. The third-order valence-electron chi connectivity index (χ3n) is 6.81. The van der Waals surface area contributed by atoms with Crippen LogP contribution >= 0.6 is 0 Å². The molecule has 1 heterocycles. The average molecular weight is 480 g/mol. The largest absolute Gasteiger partial charge is 0.353 e. The van der Waals surface area contributed by atoms with E-state index in [1.807, 2.05) is 18.2 Å². The summed E-state index contributed by atoms with van der Waals surface area (Å²) >= 11 is 0. The molecule has 3 N–H and O–H groups in total. The Hall–Kier alpha value is -3.30. The van der Waals surface area contributed by atoms with Gasteiger partial charge in [-0.2, -0.15) is 0 Å². The molecule has 186 valence electrons. The Morgan fingerprint density at radius 2 is 1.80 bits per heavy atom. The number of nitro benzene ring substituents is 1. The molecule has 0 radical (unpaired) electrons. The van der Waals surface area contributed by atoms with Crippen LogP contribution in [0.2, 0.25) is 0 Å². The molecule has 35 heavy (non-hydrogen) atoms. The third-order valence-corrected chi connectivity index (χ3v) is 6.81. The lowest BCUT2D eigenvalue weighted by Gasteiger charge is -2.29. The van der Waals surface area contributed by atoms with Gasteiger partial charge in [-0.15, -0.1) is 0 Å². The maximum absolute atomic E-state index is 13.0. The standard InChI is InChI=1S/C26H33N5O4/c27-13-14-28-25(32)24-16-23(18-30(24)26(33)21-8-9-21)29(15-12-19-4-2-1-3-5-19)17-20-6-10-22(11-7-20)31(34)35/h1-7,10-11,21,23-24H,8-9,12-18,27H2,(H,28,32). The molecule has 2 amide bonds. The minimum Gasteiger partial charge on any atom is -0.353 e. The van der Waals surface area contributed by atoms with Gasteiger partial charge in [0.15, 0.2) is 0 Å². The Balaban J connectivity index is 1.53. The van der Waals surface area contributed by atoms with E-state index in [-0.39, 0.29) is 29.5 Å². The molecule has 1 saturated heterocycles. The summed E-state index contributed by atoms with van der Waals surface area (Å²) in [7, 11) is 0. The van der Waals surface area contributed by atoms with Crippen molar-refractivity contribution in [2.24, 2.45) is 11.7 Å². The van der Waals surface area contributed by atoms with Crippen molar-refractivity contribution >= 4 is 17.5 Å². The molecule has 2 aromatic rings. The van der Waals surface area contributed by atoms with Crippen LogP contribution in [-0.2, 0) is 22.6 Å². The first-order valence-electron chi connectivity index (χ1n) is 12.3. The molecule has 4 rings (SSSR count). The zero-order chi connectivity index (χ0) is 24.8. The van der Waals surface area contributed by atoms with Crippen LogP contribution in [0.4, 0.5) is 5.69 Å². The maximum Gasteiger partial charge on any atom is 0.269 e. The van der Waals surface area contributed by atoms with E-state index in [1.165, 1.54) is 17.7 Å². The van der Waals surface area contributed by atoms with E-state index in [4.69, 9.17) is 5.73 Å². The average Bonchev–Trinajstić information content (AvgIpc) is 3.63. The lowest BCUT2D eigenvalue weighted by molar-refractivity contribution is -0.384. The summed E-state index contributed by atoms with van der Waals surface area (Å²) in [5.74, 6) is -0.0463. The van der Waals surface area contributed by atoms with Crippen molar-refractivity contribution in [3.63, 3.8) is 0 Å². The van der Waals surface area contributed by atoms with Crippen molar-refractivity contribution in [3.8, 4) is 0 Å². The fraction of sp³-hybridized carbons (Fsp3) is 0.462. The molecule has 2 aliphatic rings. The lowest BCUT2D eigenvalue weighted by atomic mass is 10.1. The van der Waals surface area contributed by atoms with Crippen LogP contribution in [0.1, 0.15) is 30.4 Å². The molecule has 1 saturated carbocycles. The number of carbonyl (C=O) groups is 2. The number of non-ortho nitro benzene ring substituents is 1. The number of nitrogens with zero attached hydrogens (tertiary/aromatic N) is 3. The summed E-state index contributed by atoms with van der Waals surface area (Å²) in [4.78, 5) is 40.7. The Labute approximate surface area is 205 Å². The Bertz CT molecular complexity index is 1030. The molecular formula is C26H33N5O4. The van der Waals surface area contributed by atoms with Gasteiger partial charge in [0.25, 0.3) is 5.69 Å². The molecule has 2 aromatic carbocycles. The van der Waals surface area contributed by atoms with E-state index in [0.717, 1.165) is 31.4 Å². The SMILES string of the molecule is NCCNC(=O)C1CC(N(CCc2ccccc2)Cc2ccc([N+](=O)[O-])cc2)CN1C(=O)C1CC1. The van der Waals surface area contributed by atoms with E-state index in [1.54, 1.807) is 17.0 Å². The van der Waals surface area contributed by atoms with Crippen molar-refractivity contribution in [1.29, 1.82) is 0 Å². The predicted octanol–water partition coefficient (Wildman–Crippen LogP) is 2.09. The van der Waals surface area contributed by atoms with Crippen LogP contribution in [0.3, 0.4) is 0 Å². The zero-order valence-corrected chi connectivity index (χ0v) is 19.8. The molecule has 9 heteroatoms. The van der Waals surface area contributed by atoms with E-state index in [9.17, 15) is 19.7 Å². The highest BCUT2D eigenvalue weighted by Crippen LogP contribution is 2.35. The number of hydrogen-bond donors (Lipinski definition) is 2. The molecule has 0 bridgehead atoms. The summed E-state index contributed by atoms with van der Waals surface area (Å²) in [6.45, 7) is 2.55. The molecule has 1 aliphatic carbocycles. The number of amides is 2. The van der Waals surface area contributed by atoms with Gasteiger partial charge in [-0.3, -0.25) is 24.6 Å². The molecule has 0 spiro atoms. The summed E-state index contributed by atoms with van der Waals surface area (Å²) in [5, 5.41) is 13.9. The second kappa shape index (κ2) is 11.4.